The number of thioether (sulfide) groups is 1. The van der Waals surface area contributed by atoms with Crippen LogP contribution in [0, 0.1) is 0 Å². The van der Waals surface area contributed by atoms with Crippen molar-refractivity contribution in [2.24, 2.45) is 0 Å². The fourth-order valence-electron chi connectivity index (χ4n) is 1.75. The Hall–Kier alpha value is -1.92. The standard InChI is InChI=1S/C13H7NO3S2/c15-11-7(5-10-12(16)14-13(18)19-10)6-17-9-4-2-1-3-8(9)11/h1-6H,(H,14,16,18). The minimum absolute atomic E-state index is 0.166. The van der Waals surface area contributed by atoms with Gasteiger partial charge in [0.05, 0.1) is 15.9 Å². The van der Waals surface area contributed by atoms with Crippen LogP contribution in [0.2, 0.25) is 0 Å². The highest BCUT2D eigenvalue weighted by atomic mass is 32.2. The lowest BCUT2D eigenvalue weighted by molar-refractivity contribution is -0.115. The second kappa shape index (κ2) is 4.64. The highest BCUT2D eigenvalue weighted by Crippen LogP contribution is 2.25. The van der Waals surface area contributed by atoms with Crippen LogP contribution in [0.4, 0.5) is 0 Å². The lowest BCUT2D eigenvalue weighted by atomic mass is 10.1. The van der Waals surface area contributed by atoms with Crippen molar-refractivity contribution in [2.75, 3.05) is 0 Å². The Morgan fingerprint density at radius 2 is 2.05 bits per heavy atom. The molecule has 0 saturated carbocycles. The Balaban J connectivity index is 2.14. The Bertz CT molecular complexity index is 792. The number of hydrogen-bond acceptors (Lipinski definition) is 5. The number of carbonyl (C=O) groups is 1. The summed E-state index contributed by atoms with van der Waals surface area (Å²) in [5, 5.41) is 2.99. The third kappa shape index (κ3) is 2.20. The summed E-state index contributed by atoms with van der Waals surface area (Å²) >= 11 is 6.02. The molecular weight excluding hydrogens is 282 g/mol. The molecule has 1 aromatic heterocycles. The van der Waals surface area contributed by atoms with Gasteiger partial charge in [-0.2, -0.15) is 0 Å². The minimum Gasteiger partial charge on any atom is -0.463 e. The number of fused-ring (bicyclic) bond motifs is 1. The molecule has 2 heterocycles. The van der Waals surface area contributed by atoms with Crippen LogP contribution in [0.5, 0.6) is 0 Å². The Kier molecular flexibility index (Phi) is 2.96. The smallest absolute Gasteiger partial charge is 0.263 e. The van der Waals surface area contributed by atoms with E-state index in [4.69, 9.17) is 16.6 Å². The number of amides is 1. The molecule has 19 heavy (non-hydrogen) atoms. The van der Waals surface area contributed by atoms with E-state index in [1.165, 1.54) is 12.3 Å². The second-order valence-electron chi connectivity index (χ2n) is 3.87. The molecule has 1 N–H and O–H groups in total. The van der Waals surface area contributed by atoms with Gasteiger partial charge in [-0.1, -0.05) is 36.1 Å². The molecular formula is C13H7NO3S2. The van der Waals surface area contributed by atoms with Gasteiger partial charge in [-0.05, 0) is 18.2 Å². The van der Waals surface area contributed by atoms with Crippen LogP contribution in [0.3, 0.4) is 0 Å². The predicted molar refractivity (Wildman–Crippen MR) is 78.8 cm³/mol. The molecule has 1 fully saturated rings. The molecule has 4 nitrogen and oxygen atoms in total. The summed E-state index contributed by atoms with van der Waals surface area (Å²) < 4.78 is 5.77. The van der Waals surface area contributed by atoms with E-state index in [1.54, 1.807) is 24.3 Å². The lowest BCUT2D eigenvalue weighted by Crippen LogP contribution is -2.17. The van der Waals surface area contributed by atoms with Gasteiger partial charge in [0, 0.05) is 0 Å². The van der Waals surface area contributed by atoms with E-state index in [2.05, 4.69) is 5.32 Å². The van der Waals surface area contributed by atoms with Crippen LogP contribution in [-0.2, 0) is 4.79 Å². The third-order valence-corrected chi connectivity index (χ3v) is 3.80. The molecule has 1 saturated heterocycles. The number of para-hydroxylation sites is 1. The number of rotatable bonds is 1. The van der Waals surface area contributed by atoms with E-state index in [0.717, 1.165) is 11.8 Å². The van der Waals surface area contributed by atoms with Crippen LogP contribution in [0.1, 0.15) is 5.56 Å². The summed E-state index contributed by atoms with van der Waals surface area (Å²) in [6, 6.07) is 6.97. The first-order valence-corrected chi connectivity index (χ1v) is 6.63. The summed E-state index contributed by atoms with van der Waals surface area (Å²) in [5.41, 5.74) is 0.690. The van der Waals surface area contributed by atoms with Crippen LogP contribution in [0.25, 0.3) is 17.0 Å². The molecule has 1 aromatic carbocycles. The van der Waals surface area contributed by atoms with Crippen molar-refractivity contribution in [1.29, 1.82) is 0 Å². The largest absolute Gasteiger partial charge is 0.463 e. The molecule has 0 spiro atoms. The fourth-order valence-corrected chi connectivity index (χ4v) is 2.79. The molecule has 1 aliphatic heterocycles. The highest BCUT2D eigenvalue weighted by molar-refractivity contribution is 8.26. The van der Waals surface area contributed by atoms with Gasteiger partial charge in [0.15, 0.2) is 5.43 Å². The van der Waals surface area contributed by atoms with Crippen LogP contribution in [-0.4, -0.2) is 10.2 Å². The Morgan fingerprint density at radius 3 is 2.79 bits per heavy atom. The van der Waals surface area contributed by atoms with Gasteiger partial charge in [0.25, 0.3) is 5.91 Å². The fraction of sp³-hybridized carbons (Fsp3) is 0. The topological polar surface area (TPSA) is 59.3 Å². The zero-order valence-corrected chi connectivity index (χ0v) is 11.1. The van der Waals surface area contributed by atoms with Gasteiger partial charge in [-0.15, -0.1) is 0 Å². The van der Waals surface area contributed by atoms with Crippen molar-refractivity contribution in [2.45, 2.75) is 0 Å². The van der Waals surface area contributed by atoms with E-state index >= 15 is 0 Å². The maximum absolute atomic E-state index is 12.2. The highest BCUT2D eigenvalue weighted by Gasteiger charge is 2.22. The zero-order chi connectivity index (χ0) is 13.4. The molecule has 0 bridgehead atoms. The number of thiocarbonyl (C=S) groups is 1. The summed E-state index contributed by atoms with van der Waals surface area (Å²) in [4.78, 5) is 24.2. The first kappa shape index (κ1) is 12.1. The van der Waals surface area contributed by atoms with E-state index in [-0.39, 0.29) is 11.3 Å². The third-order valence-electron chi connectivity index (χ3n) is 2.64. The van der Waals surface area contributed by atoms with Crippen molar-refractivity contribution >= 4 is 51.3 Å². The summed E-state index contributed by atoms with van der Waals surface area (Å²) in [6.07, 6.45) is 2.85. The molecule has 94 valence electrons. The normalized spacial score (nSPS) is 17.2. The van der Waals surface area contributed by atoms with Gasteiger partial charge in [-0.25, -0.2) is 0 Å². The first-order chi connectivity index (χ1) is 9.15. The maximum atomic E-state index is 12.2. The molecule has 2 aromatic rings. The first-order valence-electron chi connectivity index (χ1n) is 5.40. The Labute approximate surface area is 117 Å². The van der Waals surface area contributed by atoms with Crippen molar-refractivity contribution in [1.82, 2.24) is 5.32 Å². The van der Waals surface area contributed by atoms with Crippen molar-refractivity contribution in [3.63, 3.8) is 0 Å². The van der Waals surface area contributed by atoms with Crippen LogP contribution < -0.4 is 10.7 Å². The monoisotopic (exact) mass is 289 g/mol. The average molecular weight is 289 g/mol. The maximum Gasteiger partial charge on any atom is 0.263 e. The molecule has 0 radical (unpaired) electrons. The summed E-state index contributed by atoms with van der Waals surface area (Å²) in [6.45, 7) is 0. The van der Waals surface area contributed by atoms with Gasteiger partial charge in [0.2, 0.25) is 0 Å². The molecule has 6 heteroatoms. The second-order valence-corrected chi connectivity index (χ2v) is 5.59. The number of hydrogen-bond donors (Lipinski definition) is 1. The van der Waals surface area contributed by atoms with E-state index in [1.807, 2.05) is 0 Å². The van der Waals surface area contributed by atoms with Gasteiger partial charge in [-0.3, -0.25) is 9.59 Å². The summed E-state index contributed by atoms with van der Waals surface area (Å²) in [7, 11) is 0. The van der Waals surface area contributed by atoms with Gasteiger partial charge >= 0.3 is 0 Å². The predicted octanol–water partition coefficient (Wildman–Crippen LogP) is 2.28. The van der Waals surface area contributed by atoms with Gasteiger partial charge < -0.3 is 9.73 Å². The van der Waals surface area contributed by atoms with E-state index < -0.39 is 0 Å². The van der Waals surface area contributed by atoms with Crippen LogP contribution in [0.15, 0.2) is 44.6 Å². The molecule has 1 aliphatic rings. The number of nitrogens with one attached hydrogen (secondary N) is 1. The molecule has 0 aliphatic carbocycles. The molecule has 3 rings (SSSR count). The molecule has 1 amide bonds. The van der Waals surface area contributed by atoms with E-state index in [0.29, 0.717) is 25.8 Å². The molecule has 0 atom stereocenters. The van der Waals surface area contributed by atoms with Gasteiger partial charge in [0.1, 0.15) is 16.2 Å². The molecule has 0 unspecified atom stereocenters. The Morgan fingerprint density at radius 1 is 1.26 bits per heavy atom. The van der Waals surface area contributed by atoms with E-state index in [9.17, 15) is 9.59 Å². The average Bonchev–Trinajstić information content (AvgIpc) is 2.72. The minimum atomic E-state index is -0.289. The van der Waals surface area contributed by atoms with Crippen molar-refractivity contribution < 1.29 is 9.21 Å². The van der Waals surface area contributed by atoms with Crippen molar-refractivity contribution in [3.8, 4) is 0 Å². The number of carbonyl (C=O) groups excluding carboxylic acids is 1. The lowest BCUT2D eigenvalue weighted by Gasteiger charge is -1.98. The summed E-state index contributed by atoms with van der Waals surface area (Å²) in [5.74, 6) is -0.289. The number of benzene rings is 1. The SMILES string of the molecule is O=C1NC(=S)SC1=Cc1coc2ccccc2c1=O. The van der Waals surface area contributed by atoms with Crippen LogP contribution >= 0.6 is 24.0 Å². The van der Waals surface area contributed by atoms with Crippen molar-refractivity contribution in [3.05, 3.63) is 51.2 Å². The quantitative estimate of drug-likeness (QED) is 0.644. The zero-order valence-electron chi connectivity index (χ0n) is 9.51.